The van der Waals surface area contributed by atoms with Gasteiger partial charge in [0.25, 0.3) is 5.91 Å². The van der Waals surface area contributed by atoms with E-state index in [2.05, 4.69) is 19.2 Å². The Hall–Kier alpha value is -1.00. The summed E-state index contributed by atoms with van der Waals surface area (Å²) < 4.78 is 0. The zero-order valence-electron chi connectivity index (χ0n) is 9.69. The Morgan fingerprint density at radius 3 is 2.75 bits per heavy atom. The summed E-state index contributed by atoms with van der Waals surface area (Å²) in [6.07, 6.45) is 0. The van der Waals surface area contributed by atoms with Gasteiger partial charge in [-0.05, 0) is 12.1 Å². The van der Waals surface area contributed by atoms with Gasteiger partial charge in [0.15, 0.2) is 0 Å². The Morgan fingerprint density at radius 1 is 1.44 bits per heavy atom. The van der Waals surface area contributed by atoms with Gasteiger partial charge in [-0.3, -0.25) is 4.79 Å². The minimum atomic E-state index is -0.0470. The molecule has 16 heavy (non-hydrogen) atoms. The van der Waals surface area contributed by atoms with Crippen molar-refractivity contribution in [3.8, 4) is 0 Å². The largest absolute Gasteiger partial charge is 0.351 e. The first kappa shape index (κ1) is 13.1. The molecule has 1 amide bonds. The Balaban J connectivity index is 2.81. The molecular weight excluding hydrogens is 220 g/mol. The third kappa shape index (κ3) is 3.87. The Morgan fingerprint density at radius 2 is 2.12 bits per heavy atom. The minimum Gasteiger partial charge on any atom is -0.351 e. The molecule has 0 fully saturated rings. The van der Waals surface area contributed by atoms with Crippen LogP contribution in [0.15, 0.2) is 29.2 Å². The monoisotopic (exact) mass is 238 g/mol. The molecular formula is C12H18N2OS. The van der Waals surface area contributed by atoms with Gasteiger partial charge in [0.05, 0.1) is 5.56 Å². The fraction of sp³-hybridized carbons (Fsp3) is 0.417. The number of rotatable bonds is 5. The molecule has 0 bridgehead atoms. The number of amides is 1. The molecule has 0 aliphatic heterocycles. The van der Waals surface area contributed by atoms with Crippen molar-refractivity contribution in [2.45, 2.75) is 24.0 Å². The molecule has 3 nitrogen and oxygen atoms in total. The molecule has 0 aromatic heterocycles. The Kier molecular flexibility index (Phi) is 5.35. The van der Waals surface area contributed by atoms with Gasteiger partial charge in [0, 0.05) is 23.2 Å². The van der Waals surface area contributed by atoms with Gasteiger partial charge in [0.2, 0.25) is 0 Å². The first-order chi connectivity index (χ1) is 7.65. The van der Waals surface area contributed by atoms with Crippen LogP contribution in [0.1, 0.15) is 24.2 Å². The van der Waals surface area contributed by atoms with Crippen LogP contribution >= 0.6 is 11.8 Å². The topological polar surface area (TPSA) is 55.1 Å². The van der Waals surface area contributed by atoms with E-state index in [1.54, 1.807) is 11.8 Å². The fourth-order valence-corrected chi connectivity index (χ4v) is 2.24. The summed E-state index contributed by atoms with van der Waals surface area (Å²) in [6.45, 7) is 5.20. The number of nitrogens with one attached hydrogen (secondary N) is 1. The highest BCUT2D eigenvalue weighted by Gasteiger charge is 2.11. The number of thioether (sulfide) groups is 1. The predicted molar refractivity (Wildman–Crippen MR) is 68.8 cm³/mol. The van der Waals surface area contributed by atoms with Gasteiger partial charge in [-0.25, -0.2) is 0 Å². The summed E-state index contributed by atoms with van der Waals surface area (Å²) in [5.74, 6) is -0.0470. The van der Waals surface area contributed by atoms with Crippen LogP contribution in [0.4, 0.5) is 0 Å². The summed E-state index contributed by atoms with van der Waals surface area (Å²) >= 11 is 1.69. The maximum atomic E-state index is 11.8. The maximum absolute atomic E-state index is 11.8. The van der Waals surface area contributed by atoms with E-state index in [0.29, 0.717) is 18.3 Å². The van der Waals surface area contributed by atoms with E-state index in [1.165, 1.54) is 0 Å². The van der Waals surface area contributed by atoms with E-state index in [4.69, 9.17) is 5.73 Å². The summed E-state index contributed by atoms with van der Waals surface area (Å²) in [7, 11) is 0. The smallest absolute Gasteiger partial charge is 0.252 e. The van der Waals surface area contributed by atoms with Gasteiger partial charge in [0.1, 0.15) is 0 Å². The average Bonchev–Trinajstić information content (AvgIpc) is 2.26. The van der Waals surface area contributed by atoms with Crippen molar-refractivity contribution in [2.75, 3.05) is 13.1 Å². The number of hydrogen-bond donors (Lipinski definition) is 2. The molecule has 0 radical (unpaired) electrons. The fourth-order valence-electron chi connectivity index (χ4n) is 1.29. The molecule has 4 heteroatoms. The highest BCUT2D eigenvalue weighted by atomic mass is 32.2. The standard InChI is InChI=1S/C12H18N2OS/c1-9(2)16-11-6-4-3-5-10(11)12(15)14-8-7-13/h3-6,9H,7-8,13H2,1-2H3,(H,14,15). The van der Waals surface area contributed by atoms with Crippen LogP contribution in [-0.2, 0) is 0 Å². The number of hydrogen-bond acceptors (Lipinski definition) is 3. The van der Waals surface area contributed by atoms with Crippen molar-refractivity contribution < 1.29 is 4.79 Å². The van der Waals surface area contributed by atoms with Crippen molar-refractivity contribution >= 4 is 17.7 Å². The quantitative estimate of drug-likeness (QED) is 0.770. The lowest BCUT2D eigenvalue weighted by molar-refractivity contribution is 0.0952. The zero-order valence-corrected chi connectivity index (χ0v) is 10.5. The van der Waals surface area contributed by atoms with E-state index in [-0.39, 0.29) is 5.91 Å². The minimum absolute atomic E-state index is 0.0470. The van der Waals surface area contributed by atoms with E-state index in [1.807, 2.05) is 24.3 Å². The molecule has 0 unspecified atom stereocenters. The highest BCUT2D eigenvalue weighted by Crippen LogP contribution is 2.26. The maximum Gasteiger partial charge on any atom is 0.252 e. The normalized spacial score (nSPS) is 10.5. The lowest BCUT2D eigenvalue weighted by Gasteiger charge is -2.10. The molecule has 0 spiro atoms. The number of benzene rings is 1. The van der Waals surface area contributed by atoms with Crippen molar-refractivity contribution in [1.29, 1.82) is 0 Å². The third-order valence-electron chi connectivity index (χ3n) is 1.92. The van der Waals surface area contributed by atoms with E-state index < -0.39 is 0 Å². The molecule has 3 N–H and O–H groups in total. The second-order valence-corrected chi connectivity index (χ2v) is 5.33. The van der Waals surface area contributed by atoms with Crippen molar-refractivity contribution in [2.24, 2.45) is 5.73 Å². The number of nitrogens with two attached hydrogens (primary N) is 1. The third-order valence-corrected chi connectivity index (χ3v) is 3.01. The second kappa shape index (κ2) is 6.55. The highest BCUT2D eigenvalue weighted by molar-refractivity contribution is 8.00. The molecule has 0 atom stereocenters. The summed E-state index contributed by atoms with van der Waals surface area (Å²) in [5.41, 5.74) is 6.08. The lowest BCUT2D eigenvalue weighted by Crippen LogP contribution is -2.29. The Bertz CT molecular complexity index is 353. The first-order valence-electron chi connectivity index (χ1n) is 5.39. The van der Waals surface area contributed by atoms with Gasteiger partial charge in [-0.1, -0.05) is 26.0 Å². The van der Waals surface area contributed by atoms with E-state index >= 15 is 0 Å². The molecule has 1 aromatic rings. The lowest BCUT2D eigenvalue weighted by atomic mass is 10.2. The molecule has 0 saturated carbocycles. The van der Waals surface area contributed by atoms with Crippen LogP contribution in [0.5, 0.6) is 0 Å². The predicted octanol–water partition coefficient (Wildman–Crippen LogP) is 1.88. The van der Waals surface area contributed by atoms with Crippen LogP contribution in [-0.4, -0.2) is 24.2 Å². The Labute approximate surface area is 101 Å². The van der Waals surface area contributed by atoms with Gasteiger partial charge in [-0.15, -0.1) is 11.8 Å². The van der Waals surface area contributed by atoms with Crippen molar-refractivity contribution in [3.05, 3.63) is 29.8 Å². The zero-order chi connectivity index (χ0) is 12.0. The van der Waals surface area contributed by atoms with E-state index in [9.17, 15) is 4.79 Å². The van der Waals surface area contributed by atoms with Crippen molar-refractivity contribution in [1.82, 2.24) is 5.32 Å². The number of carbonyl (C=O) groups is 1. The van der Waals surface area contributed by atoms with Gasteiger partial charge < -0.3 is 11.1 Å². The SMILES string of the molecule is CC(C)Sc1ccccc1C(=O)NCCN. The summed E-state index contributed by atoms with van der Waals surface area (Å²) in [5, 5.41) is 3.25. The average molecular weight is 238 g/mol. The molecule has 88 valence electrons. The molecule has 0 aliphatic carbocycles. The van der Waals surface area contributed by atoms with E-state index in [0.717, 1.165) is 10.5 Å². The molecule has 1 rings (SSSR count). The second-order valence-electron chi connectivity index (χ2n) is 3.71. The van der Waals surface area contributed by atoms with Crippen LogP contribution < -0.4 is 11.1 Å². The molecule has 0 aliphatic rings. The van der Waals surface area contributed by atoms with Gasteiger partial charge in [-0.2, -0.15) is 0 Å². The molecule has 0 heterocycles. The van der Waals surface area contributed by atoms with Crippen LogP contribution in [0.25, 0.3) is 0 Å². The van der Waals surface area contributed by atoms with Crippen LogP contribution in [0, 0.1) is 0 Å². The van der Waals surface area contributed by atoms with Crippen LogP contribution in [0.2, 0.25) is 0 Å². The summed E-state index contributed by atoms with van der Waals surface area (Å²) in [4.78, 5) is 12.8. The van der Waals surface area contributed by atoms with Gasteiger partial charge >= 0.3 is 0 Å². The van der Waals surface area contributed by atoms with Crippen molar-refractivity contribution in [3.63, 3.8) is 0 Å². The molecule has 0 saturated heterocycles. The number of carbonyl (C=O) groups excluding carboxylic acids is 1. The van der Waals surface area contributed by atoms with Crippen LogP contribution in [0.3, 0.4) is 0 Å². The summed E-state index contributed by atoms with van der Waals surface area (Å²) in [6, 6.07) is 7.64. The molecule has 1 aromatic carbocycles. The first-order valence-corrected chi connectivity index (χ1v) is 6.27.